The Hall–Kier alpha value is -3.55. The molecule has 2 aromatic carbocycles. The van der Waals surface area contributed by atoms with E-state index in [1.807, 2.05) is 12.1 Å². The first kappa shape index (κ1) is 23.7. The number of anilines is 1. The minimum absolute atomic E-state index is 0.145. The number of carbonyl (C=O) groups excluding carboxylic acids is 3. The summed E-state index contributed by atoms with van der Waals surface area (Å²) in [7, 11) is 1.52. The third kappa shape index (κ3) is 8.38. The van der Waals surface area contributed by atoms with E-state index in [1.54, 1.807) is 57.2 Å². The second kappa shape index (κ2) is 11.0. The maximum atomic E-state index is 12.4. The van der Waals surface area contributed by atoms with Crippen LogP contribution in [0.3, 0.4) is 0 Å². The molecule has 166 valence electrons. The number of hydrogen-bond acceptors (Lipinski definition) is 5. The highest BCUT2D eigenvalue weighted by molar-refractivity contribution is 6.06. The van der Waals surface area contributed by atoms with Crippen LogP contribution in [-0.2, 0) is 16.1 Å². The fourth-order valence-corrected chi connectivity index (χ4v) is 2.62. The summed E-state index contributed by atoms with van der Waals surface area (Å²) < 4.78 is 10.3. The predicted octanol–water partition coefficient (Wildman–Crippen LogP) is 3.48. The van der Waals surface area contributed by atoms with E-state index < -0.39 is 11.7 Å². The Labute approximate surface area is 182 Å². The smallest absolute Gasteiger partial charge is 0.407 e. The van der Waals surface area contributed by atoms with E-state index in [9.17, 15) is 14.4 Å². The molecule has 0 unspecified atom stereocenters. The molecule has 0 aromatic heterocycles. The molecule has 0 aliphatic carbocycles. The molecule has 31 heavy (non-hydrogen) atoms. The highest BCUT2D eigenvalue weighted by Gasteiger charge is 2.16. The first-order valence-electron chi connectivity index (χ1n) is 9.95. The van der Waals surface area contributed by atoms with Crippen LogP contribution in [0.1, 0.15) is 43.1 Å². The number of nitrogens with one attached hydrogen (secondary N) is 3. The highest BCUT2D eigenvalue weighted by Crippen LogP contribution is 2.19. The average molecular weight is 428 g/mol. The largest absolute Gasteiger partial charge is 0.496 e. The van der Waals surface area contributed by atoms with Gasteiger partial charge in [-0.3, -0.25) is 9.59 Å². The molecule has 8 nitrogen and oxygen atoms in total. The molecule has 8 heteroatoms. The van der Waals surface area contributed by atoms with Crippen LogP contribution in [0.5, 0.6) is 5.75 Å². The first-order valence-corrected chi connectivity index (χ1v) is 9.95. The number of alkyl carbamates (subject to hydrolysis) is 1. The van der Waals surface area contributed by atoms with E-state index in [1.165, 1.54) is 7.11 Å². The van der Waals surface area contributed by atoms with Crippen molar-refractivity contribution >= 4 is 23.6 Å². The van der Waals surface area contributed by atoms with Gasteiger partial charge in [-0.1, -0.05) is 24.3 Å². The molecule has 0 atom stereocenters. The number of amides is 3. The van der Waals surface area contributed by atoms with Gasteiger partial charge in [0.15, 0.2) is 0 Å². The standard InChI is InChI=1S/C23H29N3O5/c1-23(2,3)31-22(29)24-14-13-20(27)25-15-16-9-11-17(12-10-16)26-21(28)18-7-5-6-8-19(18)30-4/h5-12H,13-15H2,1-4H3,(H,24,29)(H,25,27)(H,26,28). The first-order chi connectivity index (χ1) is 14.7. The molecule has 0 fully saturated rings. The molecule has 2 rings (SSSR count). The van der Waals surface area contributed by atoms with E-state index in [-0.39, 0.29) is 24.8 Å². The zero-order valence-corrected chi connectivity index (χ0v) is 18.3. The Morgan fingerprint density at radius 1 is 0.935 bits per heavy atom. The van der Waals surface area contributed by atoms with E-state index in [0.29, 0.717) is 23.5 Å². The fraction of sp³-hybridized carbons (Fsp3) is 0.348. The van der Waals surface area contributed by atoms with Crippen LogP contribution in [0.25, 0.3) is 0 Å². The number of ether oxygens (including phenoxy) is 2. The molecule has 0 aliphatic rings. The van der Waals surface area contributed by atoms with Crippen molar-refractivity contribution in [3.05, 3.63) is 59.7 Å². The lowest BCUT2D eigenvalue weighted by atomic mass is 10.1. The third-order valence-corrected chi connectivity index (χ3v) is 4.07. The lowest BCUT2D eigenvalue weighted by Gasteiger charge is -2.19. The second-order valence-corrected chi connectivity index (χ2v) is 7.81. The normalized spacial score (nSPS) is 10.7. The zero-order valence-electron chi connectivity index (χ0n) is 18.3. The summed E-state index contributed by atoms with van der Waals surface area (Å²) in [5.74, 6) is 0.0427. The van der Waals surface area contributed by atoms with Crippen molar-refractivity contribution in [2.45, 2.75) is 39.3 Å². The van der Waals surface area contributed by atoms with Crippen LogP contribution >= 0.6 is 0 Å². The van der Waals surface area contributed by atoms with Gasteiger partial charge in [-0.15, -0.1) is 0 Å². The van der Waals surface area contributed by atoms with Crippen LogP contribution < -0.4 is 20.7 Å². The highest BCUT2D eigenvalue weighted by atomic mass is 16.6. The van der Waals surface area contributed by atoms with Gasteiger partial charge in [0, 0.05) is 25.2 Å². The Bertz CT molecular complexity index is 904. The summed E-state index contributed by atoms with van der Waals surface area (Å²) in [4.78, 5) is 35.9. The average Bonchev–Trinajstić information content (AvgIpc) is 2.72. The summed E-state index contributed by atoms with van der Waals surface area (Å²) >= 11 is 0. The van der Waals surface area contributed by atoms with Gasteiger partial charge in [0.05, 0.1) is 12.7 Å². The molecule has 2 aromatic rings. The quantitative estimate of drug-likeness (QED) is 0.598. The Balaban J connectivity index is 1.76. The van der Waals surface area contributed by atoms with Gasteiger partial charge in [0.2, 0.25) is 5.91 Å². The number of hydrogen-bond donors (Lipinski definition) is 3. The van der Waals surface area contributed by atoms with Crippen molar-refractivity contribution in [2.75, 3.05) is 19.0 Å². The Kier molecular flexibility index (Phi) is 8.43. The minimum Gasteiger partial charge on any atom is -0.496 e. The lowest BCUT2D eigenvalue weighted by Crippen LogP contribution is -2.35. The monoisotopic (exact) mass is 427 g/mol. The van der Waals surface area contributed by atoms with Crippen LogP contribution in [0.4, 0.5) is 10.5 Å². The summed E-state index contributed by atoms with van der Waals surface area (Å²) in [5, 5.41) is 8.15. The molecule has 3 amide bonds. The van der Waals surface area contributed by atoms with Gasteiger partial charge >= 0.3 is 6.09 Å². The summed E-state index contributed by atoms with van der Waals surface area (Å²) in [6.45, 7) is 5.85. The lowest BCUT2D eigenvalue weighted by molar-refractivity contribution is -0.121. The number of methoxy groups -OCH3 is 1. The number of rotatable bonds is 8. The van der Waals surface area contributed by atoms with Crippen LogP contribution in [0, 0.1) is 0 Å². The van der Waals surface area contributed by atoms with E-state index in [4.69, 9.17) is 9.47 Å². The molecule has 0 radical (unpaired) electrons. The van der Waals surface area contributed by atoms with Gasteiger partial charge in [0.25, 0.3) is 5.91 Å². The Morgan fingerprint density at radius 2 is 1.61 bits per heavy atom. The third-order valence-electron chi connectivity index (χ3n) is 4.07. The predicted molar refractivity (Wildman–Crippen MR) is 118 cm³/mol. The SMILES string of the molecule is COc1ccccc1C(=O)Nc1ccc(CNC(=O)CCNC(=O)OC(C)(C)C)cc1. The summed E-state index contributed by atoms with van der Waals surface area (Å²) in [5.41, 5.74) is 1.38. The van der Waals surface area contributed by atoms with Crippen molar-refractivity contribution in [1.29, 1.82) is 0 Å². The molecule has 0 heterocycles. The summed E-state index contributed by atoms with van der Waals surface area (Å²) in [6.07, 6.45) is -0.405. The van der Waals surface area contributed by atoms with Crippen molar-refractivity contribution in [3.63, 3.8) is 0 Å². The fourth-order valence-electron chi connectivity index (χ4n) is 2.62. The molecule has 0 aliphatic heterocycles. The Morgan fingerprint density at radius 3 is 2.26 bits per heavy atom. The van der Waals surface area contributed by atoms with Crippen LogP contribution in [0.15, 0.2) is 48.5 Å². The second-order valence-electron chi connectivity index (χ2n) is 7.81. The van der Waals surface area contributed by atoms with Crippen molar-refractivity contribution in [3.8, 4) is 5.75 Å². The van der Waals surface area contributed by atoms with Gasteiger partial charge in [0.1, 0.15) is 11.4 Å². The minimum atomic E-state index is -0.578. The molecule has 3 N–H and O–H groups in total. The number of carbonyl (C=O) groups is 3. The van der Waals surface area contributed by atoms with E-state index >= 15 is 0 Å². The van der Waals surface area contributed by atoms with E-state index in [2.05, 4.69) is 16.0 Å². The summed E-state index contributed by atoms with van der Waals surface area (Å²) in [6, 6.07) is 14.1. The topological polar surface area (TPSA) is 106 Å². The van der Waals surface area contributed by atoms with Crippen molar-refractivity contribution < 1.29 is 23.9 Å². The van der Waals surface area contributed by atoms with Gasteiger partial charge in [-0.05, 0) is 50.6 Å². The van der Waals surface area contributed by atoms with Crippen LogP contribution in [0.2, 0.25) is 0 Å². The van der Waals surface area contributed by atoms with Crippen LogP contribution in [-0.4, -0.2) is 37.2 Å². The zero-order chi connectivity index (χ0) is 22.9. The molecule has 0 spiro atoms. The maximum Gasteiger partial charge on any atom is 0.407 e. The van der Waals surface area contributed by atoms with Crippen molar-refractivity contribution in [1.82, 2.24) is 10.6 Å². The molecule has 0 saturated carbocycles. The van der Waals surface area contributed by atoms with Gasteiger partial charge in [-0.2, -0.15) is 0 Å². The number of para-hydroxylation sites is 1. The molecule has 0 saturated heterocycles. The maximum absolute atomic E-state index is 12.4. The molecular weight excluding hydrogens is 398 g/mol. The molecule has 0 bridgehead atoms. The molecular formula is C23H29N3O5. The van der Waals surface area contributed by atoms with Gasteiger partial charge < -0.3 is 25.4 Å². The van der Waals surface area contributed by atoms with E-state index in [0.717, 1.165) is 5.56 Å². The van der Waals surface area contributed by atoms with Crippen molar-refractivity contribution in [2.24, 2.45) is 0 Å². The number of benzene rings is 2. The van der Waals surface area contributed by atoms with Gasteiger partial charge in [-0.25, -0.2) is 4.79 Å².